The summed E-state index contributed by atoms with van der Waals surface area (Å²) in [6.45, 7) is 5.22. The lowest BCUT2D eigenvalue weighted by atomic mass is 9.89. The first-order valence-electron chi connectivity index (χ1n) is 5.88. The normalized spacial score (nSPS) is 18.9. The van der Waals surface area contributed by atoms with Crippen LogP contribution in [-0.2, 0) is 0 Å². The zero-order chi connectivity index (χ0) is 11.5. The lowest BCUT2D eigenvalue weighted by Crippen LogP contribution is -2.32. The average Bonchev–Trinajstić information content (AvgIpc) is 2.29. The van der Waals surface area contributed by atoms with E-state index in [1.165, 1.54) is 6.07 Å². The van der Waals surface area contributed by atoms with Crippen molar-refractivity contribution >= 4 is 0 Å². The maximum atomic E-state index is 13.6. The molecule has 1 heterocycles. The predicted octanol–water partition coefficient (Wildman–Crippen LogP) is 3.16. The fourth-order valence-corrected chi connectivity index (χ4v) is 2.39. The van der Waals surface area contributed by atoms with E-state index in [0.717, 1.165) is 38.5 Å². The van der Waals surface area contributed by atoms with E-state index in [-0.39, 0.29) is 5.92 Å². The topological polar surface area (TPSA) is 3.24 Å². The minimum absolute atomic E-state index is 0.253. The molecule has 16 heavy (non-hydrogen) atoms. The second kappa shape index (κ2) is 4.91. The summed E-state index contributed by atoms with van der Waals surface area (Å²) in [4.78, 5) is 2.36. The molecule has 1 saturated heterocycles. The van der Waals surface area contributed by atoms with E-state index >= 15 is 0 Å². The maximum Gasteiger partial charge on any atom is 0.129 e. The van der Waals surface area contributed by atoms with Crippen molar-refractivity contribution in [3.63, 3.8) is 0 Å². The summed E-state index contributed by atoms with van der Waals surface area (Å²) in [6.07, 6.45) is 1.94. The van der Waals surface area contributed by atoms with Gasteiger partial charge in [-0.15, -0.1) is 0 Å². The molecule has 88 valence electrons. The molecule has 0 saturated carbocycles. The molecule has 0 atom stereocenters. The van der Waals surface area contributed by atoms with Gasteiger partial charge in [0.1, 0.15) is 11.6 Å². The first-order chi connectivity index (χ1) is 7.70. The van der Waals surface area contributed by atoms with Crippen LogP contribution in [-0.4, -0.2) is 24.5 Å². The predicted molar refractivity (Wildman–Crippen MR) is 60.4 cm³/mol. The Kier molecular flexibility index (Phi) is 3.54. The van der Waals surface area contributed by atoms with Crippen molar-refractivity contribution in [1.29, 1.82) is 0 Å². The van der Waals surface area contributed by atoms with Crippen LogP contribution in [0.1, 0.15) is 31.2 Å². The molecule has 1 aromatic carbocycles. The van der Waals surface area contributed by atoms with Gasteiger partial charge in [-0.1, -0.05) is 13.0 Å². The van der Waals surface area contributed by atoms with Gasteiger partial charge in [-0.05, 0) is 50.0 Å². The van der Waals surface area contributed by atoms with Crippen LogP contribution in [0.25, 0.3) is 0 Å². The Hall–Kier alpha value is -0.960. The van der Waals surface area contributed by atoms with Crippen LogP contribution in [0, 0.1) is 11.6 Å². The summed E-state index contributed by atoms with van der Waals surface area (Å²) in [5.41, 5.74) is 0.678. The zero-order valence-corrected chi connectivity index (χ0v) is 9.55. The molecule has 0 unspecified atom stereocenters. The third-order valence-corrected chi connectivity index (χ3v) is 3.44. The van der Waals surface area contributed by atoms with Crippen LogP contribution in [0.2, 0.25) is 0 Å². The highest BCUT2D eigenvalue weighted by molar-refractivity contribution is 5.23. The number of piperidine rings is 1. The van der Waals surface area contributed by atoms with Gasteiger partial charge in [-0.25, -0.2) is 8.78 Å². The lowest BCUT2D eigenvalue weighted by Gasteiger charge is -2.31. The molecule has 1 fully saturated rings. The fraction of sp³-hybridized carbons (Fsp3) is 0.538. The summed E-state index contributed by atoms with van der Waals surface area (Å²) < 4.78 is 26.3. The fourth-order valence-electron chi connectivity index (χ4n) is 2.39. The third-order valence-electron chi connectivity index (χ3n) is 3.44. The summed E-state index contributed by atoms with van der Waals surface area (Å²) in [5, 5.41) is 0. The van der Waals surface area contributed by atoms with E-state index < -0.39 is 11.6 Å². The van der Waals surface area contributed by atoms with Gasteiger partial charge < -0.3 is 4.90 Å². The minimum Gasteiger partial charge on any atom is -0.304 e. The van der Waals surface area contributed by atoms with Crippen molar-refractivity contribution in [2.24, 2.45) is 0 Å². The number of likely N-dealkylation sites (tertiary alicyclic amines) is 1. The largest absolute Gasteiger partial charge is 0.304 e. The van der Waals surface area contributed by atoms with Crippen molar-refractivity contribution in [3.05, 3.63) is 35.4 Å². The highest BCUT2D eigenvalue weighted by atomic mass is 19.1. The van der Waals surface area contributed by atoms with Gasteiger partial charge in [0.2, 0.25) is 0 Å². The van der Waals surface area contributed by atoms with Crippen LogP contribution in [0.5, 0.6) is 0 Å². The van der Waals surface area contributed by atoms with Crippen molar-refractivity contribution in [1.82, 2.24) is 4.90 Å². The molecule has 1 aromatic rings. The molecule has 0 radical (unpaired) electrons. The Morgan fingerprint density at radius 2 is 1.94 bits per heavy atom. The Morgan fingerprint density at radius 3 is 2.50 bits per heavy atom. The van der Waals surface area contributed by atoms with Crippen molar-refractivity contribution in [3.8, 4) is 0 Å². The molecule has 1 aliphatic heterocycles. The monoisotopic (exact) mass is 225 g/mol. The molecular formula is C13H17F2N. The first kappa shape index (κ1) is 11.5. The first-order valence-corrected chi connectivity index (χ1v) is 5.88. The van der Waals surface area contributed by atoms with E-state index in [0.29, 0.717) is 5.56 Å². The van der Waals surface area contributed by atoms with Gasteiger partial charge in [-0.3, -0.25) is 0 Å². The standard InChI is InChI=1S/C13H17F2N/c1-2-16-7-5-10(6-8-16)12-4-3-11(14)9-13(12)15/h3-4,9-10H,2,5-8H2,1H3. The average molecular weight is 225 g/mol. The molecule has 0 spiro atoms. The molecular weight excluding hydrogens is 208 g/mol. The van der Waals surface area contributed by atoms with Crippen molar-refractivity contribution < 1.29 is 8.78 Å². The van der Waals surface area contributed by atoms with E-state index in [1.54, 1.807) is 6.07 Å². The van der Waals surface area contributed by atoms with Gasteiger partial charge in [0.15, 0.2) is 0 Å². The number of halogens is 2. The quantitative estimate of drug-likeness (QED) is 0.747. The number of hydrogen-bond donors (Lipinski definition) is 0. The number of hydrogen-bond acceptors (Lipinski definition) is 1. The lowest BCUT2D eigenvalue weighted by molar-refractivity contribution is 0.220. The molecule has 0 amide bonds. The Balaban J connectivity index is 2.08. The van der Waals surface area contributed by atoms with Gasteiger partial charge >= 0.3 is 0 Å². The van der Waals surface area contributed by atoms with Crippen LogP contribution in [0.3, 0.4) is 0 Å². The SMILES string of the molecule is CCN1CCC(c2ccc(F)cc2F)CC1. The smallest absolute Gasteiger partial charge is 0.129 e. The van der Waals surface area contributed by atoms with Gasteiger partial charge in [0.25, 0.3) is 0 Å². The molecule has 0 aromatic heterocycles. The van der Waals surface area contributed by atoms with Crippen LogP contribution < -0.4 is 0 Å². The van der Waals surface area contributed by atoms with E-state index in [1.807, 2.05) is 0 Å². The Labute approximate surface area is 95.1 Å². The molecule has 1 nitrogen and oxygen atoms in total. The maximum absolute atomic E-state index is 13.6. The van der Waals surface area contributed by atoms with Crippen molar-refractivity contribution in [2.75, 3.05) is 19.6 Å². The summed E-state index contributed by atoms with van der Waals surface area (Å²) in [6, 6.07) is 3.93. The summed E-state index contributed by atoms with van der Waals surface area (Å²) in [7, 11) is 0. The summed E-state index contributed by atoms with van der Waals surface area (Å²) in [5.74, 6) is -0.634. The van der Waals surface area contributed by atoms with Gasteiger partial charge in [0, 0.05) is 6.07 Å². The second-order valence-corrected chi connectivity index (χ2v) is 4.37. The van der Waals surface area contributed by atoms with Crippen LogP contribution in [0.4, 0.5) is 8.78 Å². The molecule has 3 heteroatoms. The zero-order valence-electron chi connectivity index (χ0n) is 9.55. The molecule has 2 rings (SSSR count). The number of rotatable bonds is 2. The molecule has 0 aliphatic carbocycles. The van der Waals surface area contributed by atoms with Crippen molar-refractivity contribution in [2.45, 2.75) is 25.7 Å². The highest BCUT2D eigenvalue weighted by Crippen LogP contribution is 2.29. The van der Waals surface area contributed by atoms with E-state index in [4.69, 9.17) is 0 Å². The van der Waals surface area contributed by atoms with Crippen LogP contribution in [0.15, 0.2) is 18.2 Å². The minimum atomic E-state index is -0.493. The third kappa shape index (κ3) is 2.40. The number of benzene rings is 1. The highest BCUT2D eigenvalue weighted by Gasteiger charge is 2.22. The Bertz CT molecular complexity index is 357. The molecule has 0 N–H and O–H groups in total. The Morgan fingerprint density at radius 1 is 1.25 bits per heavy atom. The van der Waals surface area contributed by atoms with Gasteiger partial charge in [-0.2, -0.15) is 0 Å². The van der Waals surface area contributed by atoms with E-state index in [2.05, 4.69) is 11.8 Å². The van der Waals surface area contributed by atoms with Gasteiger partial charge in [0.05, 0.1) is 0 Å². The molecule has 1 aliphatic rings. The van der Waals surface area contributed by atoms with E-state index in [9.17, 15) is 8.78 Å². The number of nitrogens with zero attached hydrogens (tertiary/aromatic N) is 1. The van der Waals surface area contributed by atoms with Crippen LogP contribution >= 0.6 is 0 Å². The molecule has 0 bridgehead atoms. The summed E-state index contributed by atoms with van der Waals surface area (Å²) >= 11 is 0. The second-order valence-electron chi connectivity index (χ2n) is 4.37.